The van der Waals surface area contributed by atoms with Gasteiger partial charge in [-0.2, -0.15) is 0 Å². The topological polar surface area (TPSA) is 0 Å². The monoisotopic (exact) mass is 320 g/mol. The molecule has 0 saturated heterocycles. The fourth-order valence-corrected chi connectivity index (χ4v) is 5.34. The molecular weight excluding hydrogens is 292 g/mol. The average Bonchev–Trinajstić information content (AvgIpc) is 2.79. The van der Waals surface area contributed by atoms with E-state index in [9.17, 15) is 0 Å². The number of hydrogen-bond donors (Lipinski definition) is 0. The van der Waals surface area contributed by atoms with Crippen LogP contribution >= 0.6 is 23.5 Å². The van der Waals surface area contributed by atoms with Gasteiger partial charge in [0, 0.05) is 4.91 Å². The lowest BCUT2D eigenvalue weighted by Crippen LogP contribution is -1.95. The lowest BCUT2D eigenvalue weighted by molar-refractivity contribution is 0.661. The van der Waals surface area contributed by atoms with Gasteiger partial charge in [-0.25, -0.2) is 0 Å². The van der Waals surface area contributed by atoms with E-state index in [2.05, 4.69) is 56.8 Å². The molecule has 0 amide bonds. The van der Waals surface area contributed by atoms with Gasteiger partial charge in [-0.15, -0.1) is 23.5 Å². The molecule has 0 N–H and O–H groups in total. The number of benzene rings is 1. The second-order valence-electron chi connectivity index (χ2n) is 5.52. The highest BCUT2D eigenvalue weighted by Gasteiger charge is 2.30. The zero-order chi connectivity index (χ0) is 15.1. The Morgan fingerprint density at radius 1 is 0.952 bits per heavy atom. The van der Waals surface area contributed by atoms with Crippen molar-refractivity contribution in [3.8, 4) is 0 Å². The predicted molar refractivity (Wildman–Crippen MR) is 101 cm³/mol. The molecule has 1 aliphatic carbocycles. The van der Waals surface area contributed by atoms with Crippen molar-refractivity contribution in [3.05, 3.63) is 41.0 Å². The summed E-state index contributed by atoms with van der Waals surface area (Å²) in [6.07, 6.45) is 6.72. The molecule has 0 heterocycles. The molecule has 0 nitrogen and oxygen atoms in total. The van der Waals surface area contributed by atoms with Crippen molar-refractivity contribution in [1.82, 2.24) is 0 Å². The normalized spacial score (nSPS) is 17.4. The van der Waals surface area contributed by atoms with Gasteiger partial charge in [0.05, 0.1) is 5.25 Å². The van der Waals surface area contributed by atoms with E-state index in [-0.39, 0.29) is 0 Å². The third kappa shape index (κ3) is 4.10. The third-order valence-corrected chi connectivity index (χ3v) is 6.28. The van der Waals surface area contributed by atoms with E-state index in [1.807, 2.05) is 11.8 Å². The Balaban J connectivity index is 2.23. The van der Waals surface area contributed by atoms with Gasteiger partial charge in [0.2, 0.25) is 0 Å². The summed E-state index contributed by atoms with van der Waals surface area (Å²) in [4.78, 5) is 1.59. The van der Waals surface area contributed by atoms with Crippen LogP contribution in [0.1, 0.15) is 69.3 Å². The zero-order valence-electron chi connectivity index (χ0n) is 13.7. The average molecular weight is 321 g/mol. The first kappa shape index (κ1) is 17.0. The summed E-state index contributed by atoms with van der Waals surface area (Å²) in [7, 11) is 0. The van der Waals surface area contributed by atoms with Crippen molar-refractivity contribution in [2.24, 2.45) is 0 Å². The van der Waals surface area contributed by atoms with Crippen LogP contribution in [0.3, 0.4) is 0 Å². The number of hydrogen-bond acceptors (Lipinski definition) is 2. The Labute approximate surface area is 139 Å². The Morgan fingerprint density at radius 3 is 2.48 bits per heavy atom. The second-order valence-corrected chi connectivity index (χ2v) is 8.18. The summed E-state index contributed by atoms with van der Waals surface area (Å²) in [6.45, 7) is 6.85. The van der Waals surface area contributed by atoms with Crippen molar-refractivity contribution in [2.75, 3.05) is 11.5 Å². The molecule has 1 aromatic rings. The van der Waals surface area contributed by atoms with Gasteiger partial charge in [-0.3, -0.25) is 0 Å². The lowest BCUT2D eigenvalue weighted by Gasteiger charge is -2.16. The summed E-state index contributed by atoms with van der Waals surface area (Å²) >= 11 is 4.16. The summed E-state index contributed by atoms with van der Waals surface area (Å²) in [6, 6.07) is 9.08. The van der Waals surface area contributed by atoms with Gasteiger partial charge >= 0.3 is 0 Å². The molecule has 0 bridgehead atoms. The zero-order valence-corrected chi connectivity index (χ0v) is 15.3. The smallest absolute Gasteiger partial charge is 0.0526 e. The van der Waals surface area contributed by atoms with Crippen LogP contribution < -0.4 is 0 Å². The van der Waals surface area contributed by atoms with Gasteiger partial charge in [0.25, 0.3) is 0 Å². The van der Waals surface area contributed by atoms with E-state index in [0.29, 0.717) is 5.25 Å². The third-order valence-electron chi connectivity index (χ3n) is 4.02. The highest BCUT2D eigenvalue weighted by atomic mass is 32.2. The maximum Gasteiger partial charge on any atom is 0.0526 e. The maximum atomic E-state index is 2.35. The molecule has 2 heteroatoms. The quantitative estimate of drug-likeness (QED) is 0.452. The van der Waals surface area contributed by atoms with Crippen molar-refractivity contribution < 1.29 is 0 Å². The van der Waals surface area contributed by atoms with Crippen LogP contribution in [0.4, 0.5) is 0 Å². The fourth-order valence-electron chi connectivity index (χ4n) is 3.07. The first-order valence-corrected chi connectivity index (χ1v) is 10.4. The molecule has 1 unspecified atom stereocenters. The molecule has 1 aliphatic rings. The van der Waals surface area contributed by atoms with Crippen LogP contribution in [-0.4, -0.2) is 11.5 Å². The summed E-state index contributed by atoms with van der Waals surface area (Å²) in [5, 5.41) is 0.613. The fraction of sp³-hybridized carbons (Fsp3) is 0.579. The Bertz CT molecular complexity index is 476. The number of thioether (sulfide) groups is 2. The maximum absolute atomic E-state index is 2.35. The first-order valence-electron chi connectivity index (χ1n) is 8.40. The SMILES string of the molecule is CCCCCCC1=C(SCC)c2ccccc2C1SCC. The minimum Gasteiger partial charge on any atom is -0.149 e. The van der Waals surface area contributed by atoms with Gasteiger partial charge in [0.1, 0.15) is 0 Å². The standard InChI is InChI=1S/C19H28S2/c1-4-7-8-9-14-17-18(20-5-2)15-12-10-11-13-16(15)19(17)21-6-3/h10-13,18H,4-9,14H2,1-3H3. The van der Waals surface area contributed by atoms with E-state index in [1.165, 1.54) is 49.2 Å². The Hall–Kier alpha value is -0.340. The molecule has 0 radical (unpaired) electrons. The van der Waals surface area contributed by atoms with Gasteiger partial charge < -0.3 is 0 Å². The van der Waals surface area contributed by atoms with Crippen LogP contribution in [0.25, 0.3) is 4.91 Å². The van der Waals surface area contributed by atoms with Crippen LogP contribution in [0.15, 0.2) is 29.8 Å². The Kier molecular flexibility index (Phi) is 7.25. The lowest BCUT2D eigenvalue weighted by atomic mass is 10.0. The number of rotatable bonds is 9. The minimum absolute atomic E-state index is 0.613. The van der Waals surface area contributed by atoms with E-state index in [1.54, 1.807) is 16.0 Å². The largest absolute Gasteiger partial charge is 0.149 e. The van der Waals surface area contributed by atoms with Crippen LogP contribution in [-0.2, 0) is 0 Å². The predicted octanol–water partition coefficient (Wildman–Crippen LogP) is 6.93. The minimum atomic E-state index is 0.613. The molecule has 0 spiro atoms. The molecule has 0 aliphatic heterocycles. The molecule has 21 heavy (non-hydrogen) atoms. The van der Waals surface area contributed by atoms with Crippen molar-refractivity contribution in [2.45, 2.75) is 58.1 Å². The molecule has 0 aromatic heterocycles. The van der Waals surface area contributed by atoms with Crippen LogP contribution in [0.5, 0.6) is 0 Å². The molecule has 1 aromatic carbocycles. The van der Waals surface area contributed by atoms with Crippen molar-refractivity contribution in [3.63, 3.8) is 0 Å². The molecule has 116 valence electrons. The van der Waals surface area contributed by atoms with E-state index >= 15 is 0 Å². The van der Waals surface area contributed by atoms with E-state index in [0.717, 1.165) is 0 Å². The number of unbranched alkanes of at least 4 members (excludes halogenated alkanes) is 3. The molecular formula is C19H28S2. The highest BCUT2D eigenvalue weighted by molar-refractivity contribution is 8.08. The van der Waals surface area contributed by atoms with E-state index < -0.39 is 0 Å². The molecule has 2 rings (SSSR count). The molecule has 0 fully saturated rings. The van der Waals surface area contributed by atoms with Crippen LogP contribution in [0, 0.1) is 0 Å². The van der Waals surface area contributed by atoms with Gasteiger partial charge in [-0.05, 0) is 41.0 Å². The highest BCUT2D eigenvalue weighted by Crippen LogP contribution is 2.53. The second kappa shape index (κ2) is 8.95. The summed E-state index contributed by atoms with van der Waals surface area (Å²) < 4.78 is 0. The van der Waals surface area contributed by atoms with Crippen molar-refractivity contribution >= 4 is 28.4 Å². The van der Waals surface area contributed by atoms with E-state index in [4.69, 9.17) is 0 Å². The van der Waals surface area contributed by atoms with Crippen LogP contribution in [0.2, 0.25) is 0 Å². The molecule has 1 atom stereocenters. The summed E-state index contributed by atoms with van der Waals surface area (Å²) in [5.74, 6) is 2.37. The first-order chi connectivity index (χ1) is 10.3. The number of fused-ring (bicyclic) bond motifs is 1. The van der Waals surface area contributed by atoms with Gasteiger partial charge in [0.15, 0.2) is 0 Å². The Morgan fingerprint density at radius 2 is 1.76 bits per heavy atom. The van der Waals surface area contributed by atoms with Gasteiger partial charge in [-0.1, -0.05) is 64.3 Å². The van der Waals surface area contributed by atoms with Crippen molar-refractivity contribution in [1.29, 1.82) is 0 Å². The summed E-state index contributed by atoms with van der Waals surface area (Å²) in [5.41, 5.74) is 4.79. The molecule has 0 saturated carbocycles.